The van der Waals surface area contributed by atoms with Crippen molar-refractivity contribution in [3.8, 4) is 0 Å². The van der Waals surface area contributed by atoms with Gasteiger partial charge in [0.05, 0.1) is 6.61 Å². The van der Waals surface area contributed by atoms with E-state index in [4.69, 9.17) is 4.74 Å². The Labute approximate surface area is 74.9 Å². The summed E-state index contributed by atoms with van der Waals surface area (Å²) < 4.78 is 5.34. The van der Waals surface area contributed by atoms with Crippen LogP contribution in [0.4, 0.5) is 0 Å². The molecule has 0 aliphatic carbocycles. The van der Waals surface area contributed by atoms with Gasteiger partial charge < -0.3 is 4.74 Å². The van der Waals surface area contributed by atoms with Gasteiger partial charge >= 0.3 is 0 Å². The molecule has 2 nitrogen and oxygen atoms in total. The van der Waals surface area contributed by atoms with Gasteiger partial charge in [0.2, 0.25) is 0 Å². The van der Waals surface area contributed by atoms with Crippen LogP contribution in [-0.4, -0.2) is 37.2 Å². The van der Waals surface area contributed by atoms with Gasteiger partial charge in [0.1, 0.15) is 0 Å². The Hall–Kier alpha value is -0.0800. The van der Waals surface area contributed by atoms with E-state index in [1.165, 1.54) is 45.2 Å². The van der Waals surface area contributed by atoms with Gasteiger partial charge in [-0.15, -0.1) is 0 Å². The van der Waals surface area contributed by atoms with Crippen LogP contribution in [0.2, 0.25) is 0 Å². The summed E-state index contributed by atoms with van der Waals surface area (Å²) in [6, 6.07) is 0. The quantitative estimate of drug-likeness (QED) is 0.623. The highest BCUT2D eigenvalue weighted by atomic mass is 16.5. The van der Waals surface area contributed by atoms with E-state index in [1.54, 1.807) is 0 Å². The first-order valence-corrected chi connectivity index (χ1v) is 5.11. The summed E-state index contributed by atoms with van der Waals surface area (Å²) in [4.78, 5) is 2.65. The Morgan fingerprint density at radius 1 is 1.17 bits per heavy atom. The molecule has 2 fully saturated rings. The number of rotatable bonds is 2. The van der Waals surface area contributed by atoms with Crippen molar-refractivity contribution in [2.45, 2.75) is 37.6 Å². The predicted molar refractivity (Wildman–Crippen MR) is 49.3 cm³/mol. The van der Waals surface area contributed by atoms with Crippen LogP contribution in [0.1, 0.15) is 32.1 Å². The third-order valence-corrected chi connectivity index (χ3v) is 3.47. The summed E-state index contributed by atoms with van der Waals surface area (Å²) in [6.07, 6.45) is 6.90. The lowest BCUT2D eigenvalue weighted by Gasteiger charge is -2.41. The van der Waals surface area contributed by atoms with Crippen molar-refractivity contribution in [2.24, 2.45) is 0 Å². The van der Waals surface area contributed by atoms with Crippen LogP contribution in [0.15, 0.2) is 0 Å². The molecule has 2 heterocycles. The van der Waals surface area contributed by atoms with Crippen LogP contribution >= 0.6 is 0 Å². The first kappa shape index (κ1) is 8.52. The second-order valence-electron chi connectivity index (χ2n) is 4.21. The molecular formula is C10H19NO. The molecule has 2 saturated heterocycles. The van der Waals surface area contributed by atoms with Gasteiger partial charge in [0.15, 0.2) is 0 Å². The standard InChI is InChI=1S/C10H19NO/c1-12-9-10-5-2-3-7-11(10)8-4-6-10/h2-9H2,1H3. The van der Waals surface area contributed by atoms with E-state index in [0.717, 1.165) is 6.61 Å². The molecule has 0 N–H and O–H groups in total. The average molecular weight is 169 g/mol. The van der Waals surface area contributed by atoms with E-state index in [1.807, 2.05) is 7.11 Å². The number of piperidine rings is 1. The van der Waals surface area contributed by atoms with Crippen molar-refractivity contribution in [1.29, 1.82) is 0 Å². The zero-order valence-electron chi connectivity index (χ0n) is 8.01. The van der Waals surface area contributed by atoms with Crippen LogP contribution in [0.5, 0.6) is 0 Å². The van der Waals surface area contributed by atoms with Gasteiger partial charge in [-0.3, -0.25) is 4.90 Å². The molecular weight excluding hydrogens is 150 g/mol. The van der Waals surface area contributed by atoms with Crippen LogP contribution in [0, 0.1) is 0 Å². The van der Waals surface area contributed by atoms with E-state index in [2.05, 4.69) is 4.90 Å². The molecule has 2 aliphatic rings. The molecule has 2 rings (SSSR count). The topological polar surface area (TPSA) is 12.5 Å². The van der Waals surface area contributed by atoms with Crippen LogP contribution in [0.3, 0.4) is 0 Å². The molecule has 0 aromatic heterocycles. The summed E-state index contributed by atoms with van der Waals surface area (Å²) in [5.74, 6) is 0. The summed E-state index contributed by atoms with van der Waals surface area (Å²) in [5, 5.41) is 0. The average Bonchev–Trinajstić information content (AvgIpc) is 2.48. The normalized spacial score (nSPS) is 36.8. The van der Waals surface area contributed by atoms with Crippen molar-refractivity contribution < 1.29 is 4.74 Å². The molecule has 0 spiro atoms. The first-order chi connectivity index (χ1) is 5.87. The van der Waals surface area contributed by atoms with Crippen molar-refractivity contribution in [3.05, 3.63) is 0 Å². The van der Waals surface area contributed by atoms with Crippen LogP contribution < -0.4 is 0 Å². The summed E-state index contributed by atoms with van der Waals surface area (Å²) >= 11 is 0. The van der Waals surface area contributed by atoms with Gasteiger partial charge in [-0.2, -0.15) is 0 Å². The molecule has 0 saturated carbocycles. The van der Waals surface area contributed by atoms with E-state index >= 15 is 0 Å². The fourth-order valence-corrected chi connectivity index (χ4v) is 2.89. The zero-order chi connectivity index (χ0) is 8.44. The lowest BCUT2D eigenvalue weighted by Crippen LogP contribution is -2.50. The van der Waals surface area contributed by atoms with E-state index < -0.39 is 0 Å². The number of hydrogen-bond acceptors (Lipinski definition) is 2. The van der Waals surface area contributed by atoms with Crippen molar-refractivity contribution >= 4 is 0 Å². The minimum Gasteiger partial charge on any atom is -0.383 e. The Morgan fingerprint density at radius 3 is 2.75 bits per heavy atom. The van der Waals surface area contributed by atoms with E-state index in [-0.39, 0.29) is 0 Å². The first-order valence-electron chi connectivity index (χ1n) is 5.11. The molecule has 12 heavy (non-hydrogen) atoms. The Morgan fingerprint density at radius 2 is 1.92 bits per heavy atom. The second-order valence-corrected chi connectivity index (χ2v) is 4.21. The molecule has 2 aliphatic heterocycles. The van der Waals surface area contributed by atoms with Crippen LogP contribution in [-0.2, 0) is 4.74 Å². The van der Waals surface area contributed by atoms with E-state index in [9.17, 15) is 0 Å². The molecule has 0 aromatic rings. The second kappa shape index (κ2) is 3.35. The van der Waals surface area contributed by atoms with Crippen LogP contribution in [0.25, 0.3) is 0 Å². The Balaban J connectivity index is 2.06. The fourth-order valence-electron chi connectivity index (χ4n) is 2.89. The maximum Gasteiger partial charge on any atom is 0.0646 e. The third kappa shape index (κ3) is 1.27. The highest BCUT2D eigenvalue weighted by molar-refractivity contribution is 4.97. The van der Waals surface area contributed by atoms with E-state index in [0.29, 0.717) is 5.54 Å². The SMILES string of the molecule is COCC12CCCCN1CCC2. The fraction of sp³-hybridized carbons (Fsp3) is 1.00. The molecule has 70 valence electrons. The van der Waals surface area contributed by atoms with Gasteiger partial charge in [0, 0.05) is 12.6 Å². The highest BCUT2D eigenvalue weighted by Crippen LogP contribution is 2.37. The van der Waals surface area contributed by atoms with Crippen molar-refractivity contribution in [3.63, 3.8) is 0 Å². The minimum atomic E-state index is 0.451. The van der Waals surface area contributed by atoms with Crippen molar-refractivity contribution in [1.82, 2.24) is 4.90 Å². The Bertz CT molecular complexity index is 156. The summed E-state index contributed by atoms with van der Waals surface area (Å²) in [6.45, 7) is 3.57. The minimum absolute atomic E-state index is 0.451. The summed E-state index contributed by atoms with van der Waals surface area (Å²) in [7, 11) is 1.83. The molecule has 1 unspecified atom stereocenters. The van der Waals surface area contributed by atoms with Gasteiger partial charge in [0.25, 0.3) is 0 Å². The number of hydrogen-bond donors (Lipinski definition) is 0. The number of ether oxygens (including phenoxy) is 1. The lowest BCUT2D eigenvalue weighted by atomic mass is 9.87. The molecule has 0 radical (unpaired) electrons. The lowest BCUT2D eigenvalue weighted by molar-refractivity contribution is 0.0120. The number of nitrogens with zero attached hydrogens (tertiary/aromatic N) is 1. The molecule has 2 heteroatoms. The molecule has 0 bridgehead atoms. The number of methoxy groups -OCH3 is 1. The van der Waals surface area contributed by atoms with Gasteiger partial charge in [-0.25, -0.2) is 0 Å². The zero-order valence-corrected chi connectivity index (χ0v) is 8.01. The Kier molecular flexibility index (Phi) is 2.37. The largest absolute Gasteiger partial charge is 0.383 e. The van der Waals surface area contributed by atoms with Gasteiger partial charge in [-0.1, -0.05) is 6.42 Å². The number of fused-ring (bicyclic) bond motifs is 1. The summed E-state index contributed by atoms with van der Waals surface area (Å²) in [5.41, 5.74) is 0.451. The van der Waals surface area contributed by atoms with Gasteiger partial charge in [-0.05, 0) is 38.8 Å². The van der Waals surface area contributed by atoms with Crippen molar-refractivity contribution in [2.75, 3.05) is 26.8 Å². The smallest absolute Gasteiger partial charge is 0.0646 e. The molecule has 0 aromatic carbocycles. The maximum absolute atomic E-state index is 5.34. The molecule has 1 atom stereocenters. The highest BCUT2D eigenvalue weighted by Gasteiger charge is 2.41. The third-order valence-electron chi connectivity index (χ3n) is 3.47. The maximum atomic E-state index is 5.34. The predicted octanol–water partition coefficient (Wildman–Crippen LogP) is 1.65. The molecule has 0 amide bonds. The monoisotopic (exact) mass is 169 g/mol.